The number of hydrogen-bond donors (Lipinski definition) is 2. The van der Waals surface area contributed by atoms with E-state index in [9.17, 15) is 14.4 Å². The van der Waals surface area contributed by atoms with Crippen LogP contribution in [0.3, 0.4) is 0 Å². The van der Waals surface area contributed by atoms with Gasteiger partial charge in [-0.2, -0.15) is 0 Å². The van der Waals surface area contributed by atoms with E-state index >= 15 is 0 Å². The molecule has 7 nitrogen and oxygen atoms in total. The van der Waals surface area contributed by atoms with Gasteiger partial charge in [0.2, 0.25) is 11.8 Å². The van der Waals surface area contributed by atoms with E-state index in [1.165, 1.54) is 12.3 Å². The Kier molecular flexibility index (Phi) is 2.52. The van der Waals surface area contributed by atoms with Gasteiger partial charge in [0.05, 0.1) is 30.2 Å². The Labute approximate surface area is 115 Å². The number of carbonyl (C=O) groups excluding carboxylic acids is 3. The predicted octanol–water partition coefficient (Wildman–Crippen LogP) is 0.0241. The van der Waals surface area contributed by atoms with Gasteiger partial charge in [-0.25, -0.2) is 5.84 Å². The molecule has 3 amide bonds. The van der Waals surface area contributed by atoms with Crippen LogP contribution in [-0.4, -0.2) is 22.6 Å². The molecule has 3 N–H and O–H groups in total. The van der Waals surface area contributed by atoms with Gasteiger partial charge in [-0.05, 0) is 11.5 Å². The second kappa shape index (κ2) is 3.92. The molecule has 0 spiro atoms. The molecule has 2 atom stereocenters. The number of nitrogens with two attached hydrogens (primary N) is 1. The van der Waals surface area contributed by atoms with Gasteiger partial charge in [-0.3, -0.25) is 24.7 Å². The van der Waals surface area contributed by atoms with Crippen LogP contribution in [0, 0.1) is 17.3 Å². The van der Waals surface area contributed by atoms with Gasteiger partial charge >= 0.3 is 0 Å². The number of piperidine rings is 1. The van der Waals surface area contributed by atoms with Gasteiger partial charge in [0.1, 0.15) is 5.76 Å². The number of carbonyl (C=O) groups is 3. The quantitative estimate of drug-likeness (QED) is 0.351. The van der Waals surface area contributed by atoms with Gasteiger partial charge < -0.3 is 4.42 Å². The normalized spacial score (nSPS) is 26.6. The van der Waals surface area contributed by atoms with Gasteiger partial charge in [0.15, 0.2) is 0 Å². The van der Waals surface area contributed by atoms with Crippen molar-refractivity contribution in [2.45, 2.75) is 20.4 Å². The molecule has 1 aromatic rings. The first-order valence-electron chi connectivity index (χ1n) is 6.32. The molecule has 106 valence electrons. The van der Waals surface area contributed by atoms with E-state index in [2.05, 4.69) is 0 Å². The lowest BCUT2D eigenvalue weighted by Crippen LogP contribution is -2.36. The van der Waals surface area contributed by atoms with Crippen molar-refractivity contribution in [1.29, 1.82) is 0 Å². The molecule has 0 bridgehead atoms. The summed E-state index contributed by atoms with van der Waals surface area (Å²) in [5, 5.41) is 0. The topological polar surface area (TPSA) is 106 Å². The van der Waals surface area contributed by atoms with Crippen molar-refractivity contribution in [1.82, 2.24) is 10.3 Å². The summed E-state index contributed by atoms with van der Waals surface area (Å²) in [5.41, 5.74) is 1.98. The fourth-order valence-corrected chi connectivity index (χ4v) is 3.05. The average Bonchev–Trinajstić information content (AvgIpc) is 2.73. The summed E-state index contributed by atoms with van der Waals surface area (Å²) in [4.78, 5) is 37.1. The van der Waals surface area contributed by atoms with Crippen LogP contribution >= 0.6 is 0 Å². The number of fused-ring (bicyclic) bond motifs is 1. The summed E-state index contributed by atoms with van der Waals surface area (Å²) in [6.07, 6.45) is 1.33. The molecule has 2 unspecified atom stereocenters. The second-order valence-corrected chi connectivity index (χ2v) is 5.77. The van der Waals surface area contributed by atoms with Crippen LogP contribution in [0.15, 0.2) is 16.7 Å². The summed E-state index contributed by atoms with van der Waals surface area (Å²) < 4.78 is 5.19. The van der Waals surface area contributed by atoms with E-state index in [4.69, 9.17) is 10.3 Å². The van der Waals surface area contributed by atoms with Gasteiger partial charge in [0.25, 0.3) is 5.91 Å². The van der Waals surface area contributed by atoms with Crippen molar-refractivity contribution in [3.63, 3.8) is 0 Å². The lowest BCUT2D eigenvalue weighted by Gasteiger charge is -2.19. The first-order chi connectivity index (χ1) is 9.39. The summed E-state index contributed by atoms with van der Waals surface area (Å²) >= 11 is 0. The predicted molar refractivity (Wildman–Crippen MR) is 66.7 cm³/mol. The van der Waals surface area contributed by atoms with Gasteiger partial charge in [0, 0.05) is 0 Å². The Bertz CT molecular complexity index is 595. The minimum absolute atomic E-state index is 0.0312. The van der Waals surface area contributed by atoms with Gasteiger partial charge in [-0.1, -0.05) is 13.8 Å². The highest BCUT2D eigenvalue weighted by Gasteiger charge is 2.72. The zero-order valence-electron chi connectivity index (χ0n) is 11.2. The molecular formula is C13H15N3O4. The molecule has 1 aliphatic heterocycles. The lowest BCUT2D eigenvalue weighted by atomic mass is 10.1. The molecule has 1 aliphatic carbocycles. The third kappa shape index (κ3) is 1.53. The first kappa shape index (κ1) is 12.9. The average molecular weight is 277 g/mol. The number of hydrazine groups is 1. The fourth-order valence-electron chi connectivity index (χ4n) is 3.05. The summed E-state index contributed by atoms with van der Waals surface area (Å²) in [6, 6.07) is 1.45. The lowest BCUT2D eigenvalue weighted by molar-refractivity contribution is -0.144. The van der Waals surface area contributed by atoms with Crippen molar-refractivity contribution in [3.8, 4) is 0 Å². The van der Waals surface area contributed by atoms with E-state index in [0.29, 0.717) is 0 Å². The van der Waals surface area contributed by atoms with Crippen LogP contribution in [0.1, 0.15) is 30.0 Å². The number of rotatable bonds is 3. The minimum Gasteiger partial charge on any atom is -0.467 e. The van der Waals surface area contributed by atoms with Crippen LogP contribution < -0.4 is 11.3 Å². The maximum atomic E-state index is 12.2. The second-order valence-electron chi connectivity index (χ2n) is 5.77. The summed E-state index contributed by atoms with van der Waals surface area (Å²) in [5.74, 6) is 3.95. The molecule has 7 heteroatoms. The molecule has 20 heavy (non-hydrogen) atoms. The molecule has 0 aromatic carbocycles. The number of likely N-dealkylation sites (tertiary alicyclic amines) is 1. The molecule has 1 aromatic heterocycles. The van der Waals surface area contributed by atoms with Gasteiger partial charge in [-0.15, -0.1) is 0 Å². The number of amides is 3. The molecule has 0 radical (unpaired) electrons. The number of imide groups is 1. The Morgan fingerprint density at radius 3 is 2.55 bits per heavy atom. The van der Waals surface area contributed by atoms with Crippen LogP contribution in [-0.2, 0) is 16.1 Å². The summed E-state index contributed by atoms with van der Waals surface area (Å²) in [7, 11) is 0. The number of furan rings is 1. The molecule has 2 heterocycles. The van der Waals surface area contributed by atoms with E-state index in [1.54, 1.807) is 0 Å². The van der Waals surface area contributed by atoms with E-state index in [-0.39, 0.29) is 46.9 Å². The third-order valence-electron chi connectivity index (χ3n) is 4.31. The zero-order chi connectivity index (χ0) is 14.7. The first-order valence-corrected chi connectivity index (χ1v) is 6.32. The SMILES string of the molecule is CC1(C)C2C(=O)N(Cc3occc3C(=O)NN)C(=O)C21. The molecule has 1 saturated carbocycles. The fraction of sp³-hybridized carbons (Fsp3) is 0.462. The molecule has 3 rings (SSSR count). The van der Waals surface area contributed by atoms with Crippen LogP contribution in [0.2, 0.25) is 0 Å². The number of nitrogens with zero attached hydrogens (tertiary/aromatic N) is 1. The zero-order valence-corrected chi connectivity index (χ0v) is 11.2. The number of nitrogen functional groups attached to an aromatic ring is 1. The van der Waals surface area contributed by atoms with Crippen LogP contribution in [0.4, 0.5) is 0 Å². The highest BCUT2D eigenvalue weighted by Crippen LogP contribution is 2.63. The van der Waals surface area contributed by atoms with E-state index in [0.717, 1.165) is 4.90 Å². The Hall–Kier alpha value is -2.15. The molecular weight excluding hydrogens is 262 g/mol. The standard InChI is InChI=1S/C13H15N3O4/c1-13(2)8-9(13)12(19)16(11(8)18)5-7-6(3-4-20-7)10(17)15-14/h3-4,8-9H,5,14H2,1-2H3,(H,15,17). The maximum absolute atomic E-state index is 12.2. The van der Waals surface area contributed by atoms with Crippen molar-refractivity contribution in [3.05, 3.63) is 23.7 Å². The van der Waals surface area contributed by atoms with Crippen LogP contribution in [0.5, 0.6) is 0 Å². The van der Waals surface area contributed by atoms with Crippen LogP contribution in [0.25, 0.3) is 0 Å². The Balaban J connectivity index is 1.81. The molecule has 2 fully saturated rings. The van der Waals surface area contributed by atoms with Crippen molar-refractivity contribution < 1.29 is 18.8 Å². The van der Waals surface area contributed by atoms with E-state index < -0.39 is 5.91 Å². The Morgan fingerprint density at radius 2 is 2.00 bits per heavy atom. The highest BCUT2D eigenvalue weighted by molar-refractivity contribution is 6.10. The highest BCUT2D eigenvalue weighted by atomic mass is 16.3. The van der Waals surface area contributed by atoms with Crippen molar-refractivity contribution in [2.75, 3.05) is 0 Å². The summed E-state index contributed by atoms with van der Waals surface area (Å²) in [6.45, 7) is 3.79. The molecule has 2 aliphatic rings. The monoisotopic (exact) mass is 277 g/mol. The third-order valence-corrected chi connectivity index (χ3v) is 4.31. The van der Waals surface area contributed by atoms with Crippen molar-refractivity contribution in [2.24, 2.45) is 23.1 Å². The maximum Gasteiger partial charge on any atom is 0.268 e. The largest absolute Gasteiger partial charge is 0.467 e. The Morgan fingerprint density at radius 1 is 1.40 bits per heavy atom. The number of hydrogen-bond acceptors (Lipinski definition) is 5. The van der Waals surface area contributed by atoms with Crippen molar-refractivity contribution >= 4 is 17.7 Å². The molecule has 1 saturated heterocycles. The number of nitrogens with one attached hydrogen (secondary N) is 1. The minimum atomic E-state index is -0.515. The van der Waals surface area contributed by atoms with E-state index in [1.807, 2.05) is 19.3 Å². The smallest absolute Gasteiger partial charge is 0.268 e.